The molecule has 0 radical (unpaired) electrons. The fourth-order valence-electron chi connectivity index (χ4n) is 6.09. The van der Waals surface area contributed by atoms with Crippen molar-refractivity contribution in [1.29, 1.82) is 0 Å². The van der Waals surface area contributed by atoms with Crippen LogP contribution in [0.5, 0.6) is 0 Å². The summed E-state index contributed by atoms with van der Waals surface area (Å²) < 4.78 is 49.9. The van der Waals surface area contributed by atoms with Crippen LogP contribution in [0.3, 0.4) is 0 Å². The quantitative estimate of drug-likeness (QED) is 0.310. The van der Waals surface area contributed by atoms with Crippen LogP contribution in [0.15, 0.2) is 58.3 Å². The van der Waals surface area contributed by atoms with E-state index < -0.39 is 28.9 Å². The molecule has 4 bridgehead atoms. The van der Waals surface area contributed by atoms with Gasteiger partial charge in [0.05, 0.1) is 19.6 Å². The van der Waals surface area contributed by atoms with E-state index in [1.807, 2.05) is 0 Å². The molecule has 36 heavy (non-hydrogen) atoms. The van der Waals surface area contributed by atoms with Crippen molar-refractivity contribution in [2.24, 2.45) is 17.8 Å². The highest BCUT2D eigenvalue weighted by Crippen LogP contribution is 2.56. The van der Waals surface area contributed by atoms with E-state index in [0.717, 1.165) is 31.4 Å². The Balaban J connectivity index is 0.000000200. The molecule has 194 valence electrons. The number of nitro benzene ring substituents is 2. The first kappa shape index (κ1) is 26.5. The highest BCUT2D eigenvalue weighted by molar-refractivity contribution is 8.13. The van der Waals surface area contributed by atoms with Gasteiger partial charge < -0.3 is 0 Å². The number of benzene rings is 2. The van der Waals surface area contributed by atoms with Gasteiger partial charge in [0.15, 0.2) is 0 Å². The van der Waals surface area contributed by atoms with E-state index in [1.54, 1.807) is 0 Å². The van der Waals surface area contributed by atoms with Crippen molar-refractivity contribution >= 4 is 41.1 Å². The van der Waals surface area contributed by atoms with Gasteiger partial charge in [-0.2, -0.15) is 0 Å². The third kappa shape index (κ3) is 5.85. The van der Waals surface area contributed by atoms with Crippen LogP contribution < -0.4 is 4.72 Å². The van der Waals surface area contributed by atoms with Crippen molar-refractivity contribution in [2.45, 2.75) is 53.9 Å². The van der Waals surface area contributed by atoms with Gasteiger partial charge in [-0.05, 0) is 68.4 Å². The van der Waals surface area contributed by atoms with Crippen LogP contribution in [0.4, 0.5) is 11.4 Å². The summed E-state index contributed by atoms with van der Waals surface area (Å²) in [6.45, 7) is 0. The van der Waals surface area contributed by atoms with E-state index in [2.05, 4.69) is 4.72 Å². The Labute approximate surface area is 212 Å². The lowest BCUT2D eigenvalue weighted by atomic mass is 9.53. The molecular formula is C22H24ClN3O8S2. The van der Waals surface area contributed by atoms with Crippen molar-refractivity contribution in [3.8, 4) is 0 Å². The average Bonchev–Trinajstić information content (AvgIpc) is 2.77. The first-order chi connectivity index (χ1) is 16.8. The van der Waals surface area contributed by atoms with Crippen LogP contribution in [0.1, 0.15) is 38.5 Å². The number of halogens is 1. The van der Waals surface area contributed by atoms with Crippen LogP contribution in [0, 0.1) is 38.0 Å². The van der Waals surface area contributed by atoms with Crippen molar-refractivity contribution in [3.05, 3.63) is 68.8 Å². The van der Waals surface area contributed by atoms with E-state index in [1.165, 1.54) is 55.7 Å². The molecule has 0 unspecified atom stereocenters. The lowest BCUT2D eigenvalue weighted by Crippen LogP contribution is -2.59. The molecule has 0 heterocycles. The Morgan fingerprint density at radius 3 is 1.61 bits per heavy atom. The van der Waals surface area contributed by atoms with E-state index in [-0.39, 0.29) is 26.7 Å². The molecule has 0 aromatic heterocycles. The van der Waals surface area contributed by atoms with E-state index in [0.29, 0.717) is 17.8 Å². The molecule has 0 saturated heterocycles. The SMILES string of the molecule is O=[N+]([O-])c1cccc(S(=O)(=O)Cl)c1.O=[N+]([O-])c1cccc(S(=O)(=O)NC23CC4CC(CC(C4)C2)C3)c1. The van der Waals surface area contributed by atoms with Crippen molar-refractivity contribution < 1.29 is 26.7 Å². The zero-order valence-electron chi connectivity index (χ0n) is 18.9. The number of hydrogen-bond acceptors (Lipinski definition) is 8. The Hall–Kier alpha value is -2.61. The first-order valence-corrected chi connectivity index (χ1v) is 15.0. The number of sulfonamides is 1. The summed E-state index contributed by atoms with van der Waals surface area (Å²) in [6, 6.07) is 9.84. The molecule has 4 aliphatic rings. The molecule has 0 atom stereocenters. The lowest BCUT2D eigenvalue weighted by molar-refractivity contribution is -0.385. The minimum atomic E-state index is -3.89. The third-order valence-corrected chi connectivity index (χ3v) is 9.97. The van der Waals surface area contributed by atoms with Gasteiger partial charge in [-0.3, -0.25) is 20.2 Å². The molecule has 4 saturated carbocycles. The number of hydrogen-bond donors (Lipinski definition) is 1. The number of nitrogens with one attached hydrogen (secondary N) is 1. The third-order valence-electron chi connectivity index (χ3n) is 7.04. The standard InChI is InChI=1S/C16H20N2O4S.C6H4ClNO4S/c19-18(20)14-2-1-3-15(7-14)23(21,22)17-16-8-11-4-12(9-16)6-13(5-11)10-16;7-13(11,12)6-3-1-2-5(4-6)8(9)10/h1-3,7,11-13,17H,4-6,8-10H2;1-4H. The van der Waals surface area contributed by atoms with Gasteiger partial charge in [0.1, 0.15) is 0 Å². The molecular weight excluding hydrogens is 534 g/mol. The Bertz CT molecular complexity index is 1380. The zero-order valence-corrected chi connectivity index (χ0v) is 21.3. The minimum absolute atomic E-state index is 0.0116. The molecule has 6 rings (SSSR count). The summed E-state index contributed by atoms with van der Waals surface area (Å²) in [4.78, 5) is 19.6. The number of nitro groups is 2. The van der Waals surface area contributed by atoms with Gasteiger partial charge in [-0.15, -0.1) is 0 Å². The highest BCUT2D eigenvalue weighted by Gasteiger charge is 2.52. The van der Waals surface area contributed by atoms with Crippen LogP contribution in [-0.4, -0.2) is 32.2 Å². The van der Waals surface area contributed by atoms with Crippen molar-refractivity contribution in [2.75, 3.05) is 0 Å². The maximum Gasteiger partial charge on any atom is 0.270 e. The second-order valence-electron chi connectivity index (χ2n) is 9.75. The van der Waals surface area contributed by atoms with Gasteiger partial charge in [0.2, 0.25) is 10.0 Å². The smallest absolute Gasteiger partial charge is 0.258 e. The maximum absolute atomic E-state index is 12.8. The predicted octanol–water partition coefficient (Wildman–Crippen LogP) is 4.36. The summed E-state index contributed by atoms with van der Waals surface area (Å²) in [5.74, 6) is 1.90. The van der Waals surface area contributed by atoms with Gasteiger partial charge >= 0.3 is 0 Å². The largest absolute Gasteiger partial charge is 0.270 e. The van der Waals surface area contributed by atoms with Gasteiger partial charge in [-0.1, -0.05) is 12.1 Å². The molecule has 14 heteroatoms. The second kappa shape index (κ2) is 9.69. The predicted molar refractivity (Wildman–Crippen MR) is 130 cm³/mol. The summed E-state index contributed by atoms with van der Waals surface area (Å²) in [6.07, 6.45) is 6.43. The van der Waals surface area contributed by atoms with Crippen LogP contribution >= 0.6 is 10.7 Å². The molecule has 2 aromatic rings. The van der Waals surface area contributed by atoms with Crippen LogP contribution in [0.2, 0.25) is 0 Å². The normalized spacial score (nSPS) is 26.6. The van der Waals surface area contributed by atoms with E-state index in [4.69, 9.17) is 10.7 Å². The van der Waals surface area contributed by atoms with Crippen molar-refractivity contribution in [3.63, 3.8) is 0 Å². The molecule has 4 aliphatic carbocycles. The highest BCUT2D eigenvalue weighted by atomic mass is 35.7. The topological polar surface area (TPSA) is 167 Å². The van der Waals surface area contributed by atoms with Crippen LogP contribution in [-0.2, 0) is 19.1 Å². The molecule has 0 spiro atoms. The van der Waals surface area contributed by atoms with Gasteiger partial charge in [0, 0.05) is 40.5 Å². The second-order valence-corrected chi connectivity index (χ2v) is 14.0. The van der Waals surface area contributed by atoms with E-state index in [9.17, 15) is 37.1 Å². The van der Waals surface area contributed by atoms with Gasteiger partial charge in [-0.25, -0.2) is 21.6 Å². The Morgan fingerprint density at radius 1 is 0.778 bits per heavy atom. The molecule has 0 aliphatic heterocycles. The summed E-state index contributed by atoms with van der Waals surface area (Å²) in [5, 5.41) is 21.1. The van der Waals surface area contributed by atoms with Gasteiger partial charge in [0.25, 0.3) is 20.4 Å². The Kier molecular flexibility index (Phi) is 7.12. The zero-order chi connectivity index (χ0) is 26.3. The first-order valence-electron chi connectivity index (χ1n) is 11.2. The number of non-ortho nitro benzene ring substituents is 2. The number of nitrogens with zero attached hydrogens (tertiary/aromatic N) is 2. The minimum Gasteiger partial charge on any atom is -0.258 e. The molecule has 4 fully saturated rings. The lowest BCUT2D eigenvalue weighted by Gasteiger charge is -2.56. The Morgan fingerprint density at radius 2 is 1.19 bits per heavy atom. The number of rotatable bonds is 6. The molecule has 11 nitrogen and oxygen atoms in total. The van der Waals surface area contributed by atoms with Crippen molar-refractivity contribution in [1.82, 2.24) is 4.72 Å². The summed E-state index contributed by atoms with van der Waals surface area (Å²) in [7, 11) is -2.64. The van der Waals surface area contributed by atoms with Crippen LogP contribution in [0.25, 0.3) is 0 Å². The summed E-state index contributed by atoms with van der Waals surface area (Å²) >= 11 is 0. The average molecular weight is 558 g/mol. The molecule has 1 N–H and O–H groups in total. The molecule has 0 amide bonds. The monoisotopic (exact) mass is 557 g/mol. The maximum atomic E-state index is 12.8. The van der Waals surface area contributed by atoms with E-state index >= 15 is 0 Å². The fourth-order valence-corrected chi connectivity index (χ4v) is 8.35. The molecule has 2 aromatic carbocycles. The fraction of sp³-hybridized carbons (Fsp3) is 0.455. The summed E-state index contributed by atoms with van der Waals surface area (Å²) in [5.41, 5.74) is -0.835.